The molecule has 1 saturated heterocycles. The number of aliphatic carboxylic acids is 1. The maximum Gasteiger partial charge on any atom is 0.327 e. The van der Waals surface area contributed by atoms with E-state index in [0.29, 0.717) is 12.3 Å². The standard InChI is InChI=1S/C12H18N4O3S/c1-8-16(9(7-20-8)11(17)18)12(19)15(3)6-10-13-4-5-14(10)2/h4-5,8-9H,6-7H2,1-3H3,(H,17,18). The molecule has 0 aliphatic carbocycles. The predicted molar refractivity (Wildman–Crippen MR) is 75.3 cm³/mol. The van der Waals surface area contributed by atoms with Crippen LogP contribution in [-0.2, 0) is 18.4 Å². The van der Waals surface area contributed by atoms with Crippen molar-refractivity contribution in [3.05, 3.63) is 18.2 Å². The molecule has 7 nitrogen and oxygen atoms in total. The second-order valence-corrected chi connectivity index (χ2v) is 6.14. The largest absolute Gasteiger partial charge is 0.480 e. The first-order valence-corrected chi connectivity index (χ1v) is 7.30. The van der Waals surface area contributed by atoms with E-state index >= 15 is 0 Å². The summed E-state index contributed by atoms with van der Waals surface area (Å²) in [7, 11) is 3.51. The molecule has 1 aliphatic heterocycles. The number of hydrogen-bond donors (Lipinski definition) is 1. The highest BCUT2D eigenvalue weighted by atomic mass is 32.2. The number of carboxylic acid groups (broad SMARTS) is 1. The molecule has 110 valence electrons. The Bertz CT molecular complexity index is 519. The molecule has 0 spiro atoms. The Kier molecular flexibility index (Phi) is 4.22. The Hall–Kier alpha value is -1.70. The monoisotopic (exact) mass is 298 g/mol. The average Bonchev–Trinajstić information content (AvgIpc) is 2.95. The number of carbonyl (C=O) groups excluding carboxylic acids is 1. The van der Waals surface area contributed by atoms with Gasteiger partial charge in [-0.25, -0.2) is 14.6 Å². The summed E-state index contributed by atoms with van der Waals surface area (Å²) < 4.78 is 1.83. The number of carbonyl (C=O) groups is 2. The fourth-order valence-electron chi connectivity index (χ4n) is 2.15. The molecule has 1 aromatic heterocycles. The molecule has 20 heavy (non-hydrogen) atoms. The lowest BCUT2D eigenvalue weighted by Gasteiger charge is -2.29. The first-order chi connectivity index (χ1) is 9.41. The number of urea groups is 1. The molecular formula is C12H18N4O3S. The van der Waals surface area contributed by atoms with Gasteiger partial charge in [-0.2, -0.15) is 0 Å². The second kappa shape index (κ2) is 5.74. The van der Waals surface area contributed by atoms with Gasteiger partial charge in [0.15, 0.2) is 0 Å². The maximum atomic E-state index is 12.4. The van der Waals surface area contributed by atoms with E-state index in [9.17, 15) is 14.7 Å². The summed E-state index contributed by atoms with van der Waals surface area (Å²) in [5, 5.41) is 9.06. The maximum absolute atomic E-state index is 12.4. The first-order valence-electron chi connectivity index (χ1n) is 6.26. The van der Waals surface area contributed by atoms with E-state index in [2.05, 4.69) is 4.98 Å². The summed E-state index contributed by atoms with van der Waals surface area (Å²) in [6, 6.07) is -1.04. The van der Waals surface area contributed by atoms with E-state index in [1.165, 1.54) is 21.6 Å². The first kappa shape index (κ1) is 14.7. The summed E-state index contributed by atoms with van der Waals surface area (Å²) in [6.45, 7) is 2.20. The van der Waals surface area contributed by atoms with Crippen LogP contribution in [0.1, 0.15) is 12.7 Å². The van der Waals surface area contributed by atoms with Crippen LogP contribution in [0, 0.1) is 0 Å². The molecule has 1 aromatic rings. The van der Waals surface area contributed by atoms with Gasteiger partial charge in [-0.1, -0.05) is 0 Å². The van der Waals surface area contributed by atoms with Crippen molar-refractivity contribution < 1.29 is 14.7 Å². The van der Waals surface area contributed by atoms with Gasteiger partial charge < -0.3 is 14.6 Å². The van der Waals surface area contributed by atoms with Crippen molar-refractivity contribution in [2.45, 2.75) is 24.9 Å². The minimum absolute atomic E-state index is 0.132. The van der Waals surface area contributed by atoms with E-state index in [-0.39, 0.29) is 11.4 Å². The van der Waals surface area contributed by atoms with Crippen LogP contribution < -0.4 is 0 Å². The lowest BCUT2D eigenvalue weighted by molar-refractivity contribution is -0.141. The van der Waals surface area contributed by atoms with Crippen LogP contribution in [0.15, 0.2) is 12.4 Å². The van der Waals surface area contributed by atoms with Crippen LogP contribution in [0.4, 0.5) is 4.79 Å². The Balaban J connectivity index is 2.09. The number of amides is 2. The van der Waals surface area contributed by atoms with Crippen molar-refractivity contribution in [1.29, 1.82) is 0 Å². The van der Waals surface area contributed by atoms with Gasteiger partial charge in [0.25, 0.3) is 0 Å². The normalized spacial score (nSPS) is 22.1. The van der Waals surface area contributed by atoms with Crippen LogP contribution in [0.5, 0.6) is 0 Å². The fraction of sp³-hybridized carbons (Fsp3) is 0.583. The minimum Gasteiger partial charge on any atom is -0.480 e. The summed E-state index contributed by atoms with van der Waals surface area (Å²) in [6.07, 6.45) is 3.48. The second-order valence-electron chi connectivity index (χ2n) is 4.79. The van der Waals surface area contributed by atoms with E-state index in [1.54, 1.807) is 13.2 Å². The highest BCUT2D eigenvalue weighted by molar-refractivity contribution is 8.00. The number of carboxylic acids is 1. The SMILES string of the molecule is CC1SCC(C(=O)O)N1C(=O)N(C)Cc1nccn1C. The van der Waals surface area contributed by atoms with Crippen molar-refractivity contribution in [3.63, 3.8) is 0 Å². The van der Waals surface area contributed by atoms with Gasteiger partial charge >= 0.3 is 12.0 Å². The van der Waals surface area contributed by atoms with Crippen molar-refractivity contribution >= 4 is 23.8 Å². The zero-order chi connectivity index (χ0) is 14.9. The lowest BCUT2D eigenvalue weighted by Crippen LogP contribution is -2.49. The number of aryl methyl sites for hydroxylation is 1. The van der Waals surface area contributed by atoms with Crippen molar-refractivity contribution in [2.24, 2.45) is 7.05 Å². The number of aromatic nitrogens is 2. The van der Waals surface area contributed by atoms with Crippen molar-refractivity contribution in [2.75, 3.05) is 12.8 Å². The van der Waals surface area contributed by atoms with Crippen LogP contribution >= 0.6 is 11.8 Å². The molecule has 2 amide bonds. The van der Waals surface area contributed by atoms with Gasteiger partial charge in [-0.15, -0.1) is 11.8 Å². The van der Waals surface area contributed by atoms with Crippen molar-refractivity contribution in [1.82, 2.24) is 19.4 Å². The zero-order valence-corrected chi connectivity index (χ0v) is 12.5. The summed E-state index contributed by atoms with van der Waals surface area (Å²) in [4.78, 5) is 30.8. The van der Waals surface area contributed by atoms with E-state index < -0.39 is 12.0 Å². The van der Waals surface area contributed by atoms with Gasteiger partial charge in [-0.3, -0.25) is 4.90 Å². The third-order valence-electron chi connectivity index (χ3n) is 3.35. The Morgan fingerprint density at radius 2 is 2.30 bits per heavy atom. The molecular weight excluding hydrogens is 280 g/mol. The molecule has 1 fully saturated rings. The quantitative estimate of drug-likeness (QED) is 0.894. The summed E-state index contributed by atoms with van der Waals surface area (Å²) in [5.41, 5.74) is 0. The van der Waals surface area contributed by atoms with Crippen LogP contribution in [-0.4, -0.2) is 60.7 Å². The third kappa shape index (κ3) is 2.74. The van der Waals surface area contributed by atoms with E-state index in [1.807, 2.05) is 24.7 Å². The molecule has 2 rings (SSSR count). The molecule has 1 N–H and O–H groups in total. The van der Waals surface area contributed by atoms with E-state index in [4.69, 9.17) is 0 Å². The highest BCUT2D eigenvalue weighted by Crippen LogP contribution is 2.29. The molecule has 2 heterocycles. The predicted octanol–water partition coefficient (Wildman–Crippen LogP) is 0.820. The highest BCUT2D eigenvalue weighted by Gasteiger charge is 2.40. The molecule has 1 aliphatic rings. The number of rotatable bonds is 3. The lowest BCUT2D eigenvalue weighted by atomic mass is 10.3. The third-order valence-corrected chi connectivity index (χ3v) is 4.57. The van der Waals surface area contributed by atoms with Gasteiger partial charge in [-0.05, 0) is 6.92 Å². The van der Waals surface area contributed by atoms with Crippen LogP contribution in [0.25, 0.3) is 0 Å². The Morgan fingerprint density at radius 3 is 2.85 bits per heavy atom. The molecule has 0 bridgehead atoms. The average molecular weight is 298 g/mol. The molecule has 0 radical (unpaired) electrons. The molecule has 8 heteroatoms. The molecule has 0 aromatic carbocycles. The number of thioether (sulfide) groups is 1. The zero-order valence-electron chi connectivity index (χ0n) is 11.7. The van der Waals surface area contributed by atoms with Gasteiger partial charge in [0.1, 0.15) is 11.9 Å². The van der Waals surface area contributed by atoms with Crippen LogP contribution in [0.3, 0.4) is 0 Å². The van der Waals surface area contributed by atoms with E-state index in [0.717, 1.165) is 5.82 Å². The fourth-order valence-corrected chi connectivity index (χ4v) is 3.31. The minimum atomic E-state index is -0.958. The molecule has 0 saturated carbocycles. The number of imidazole rings is 1. The number of hydrogen-bond acceptors (Lipinski definition) is 4. The van der Waals surface area contributed by atoms with Crippen molar-refractivity contribution in [3.8, 4) is 0 Å². The van der Waals surface area contributed by atoms with Crippen LogP contribution in [0.2, 0.25) is 0 Å². The van der Waals surface area contributed by atoms with Gasteiger partial charge in [0.2, 0.25) is 0 Å². The topological polar surface area (TPSA) is 78.7 Å². The molecule has 2 unspecified atom stereocenters. The summed E-state index contributed by atoms with van der Waals surface area (Å²) in [5.74, 6) is 0.228. The summed E-state index contributed by atoms with van der Waals surface area (Å²) >= 11 is 1.48. The van der Waals surface area contributed by atoms with Gasteiger partial charge in [0, 0.05) is 32.2 Å². The Morgan fingerprint density at radius 1 is 1.60 bits per heavy atom. The molecule has 2 atom stereocenters. The Labute approximate surface area is 121 Å². The van der Waals surface area contributed by atoms with Gasteiger partial charge in [0.05, 0.1) is 11.9 Å². The smallest absolute Gasteiger partial charge is 0.327 e. The number of nitrogens with zero attached hydrogens (tertiary/aromatic N) is 4.